The lowest BCUT2D eigenvalue weighted by atomic mass is 9.97. The summed E-state index contributed by atoms with van der Waals surface area (Å²) in [5.74, 6) is 0. The summed E-state index contributed by atoms with van der Waals surface area (Å²) in [6.07, 6.45) is 3.40. The summed E-state index contributed by atoms with van der Waals surface area (Å²) >= 11 is 0. The van der Waals surface area contributed by atoms with Crippen LogP contribution in [0.15, 0.2) is 5.11 Å². The van der Waals surface area contributed by atoms with Crippen LogP contribution in [0.1, 0.15) is 26.2 Å². The molecular formula is C8H16N4O. The molecule has 74 valence electrons. The summed E-state index contributed by atoms with van der Waals surface area (Å²) in [6, 6.07) is 0. The minimum atomic E-state index is -0.434. The molecule has 0 unspecified atom stereocenters. The maximum Gasteiger partial charge on any atom is 0.139 e. The number of aldehydes is 1. The number of likely N-dealkylation sites (N-methyl/N-ethyl adjacent to an activating group) is 1. The molecule has 0 aliphatic rings. The van der Waals surface area contributed by atoms with Gasteiger partial charge in [0.05, 0.1) is 5.54 Å². The van der Waals surface area contributed by atoms with Crippen LogP contribution in [0.25, 0.3) is 10.4 Å². The first-order valence-corrected chi connectivity index (χ1v) is 4.34. The van der Waals surface area contributed by atoms with Crippen molar-refractivity contribution in [3.63, 3.8) is 0 Å². The number of hydrogen-bond acceptors (Lipinski definition) is 3. The number of rotatable bonds is 7. The molecule has 0 aromatic rings. The average Bonchev–Trinajstić information content (AvgIpc) is 2.17. The Labute approximate surface area is 78.1 Å². The van der Waals surface area contributed by atoms with Gasteiger partial charge in [0, 0.05) is 11.5 Å². The van der Waals surface area contributed by atoms with Crippen LogP contribution < -0.4 is 5.32 Å². The fraction of sp³-hybridized carbons (Fsp3) is 0.875. The van der Waals surface area contributed by atoms with Gasteiger partial charge in [-0.25, -0.2) is 0 Å². The molecule has 0 fully saturated rings. The topological polar surface area (TPSA) is 77.9 Å². The van der Waals surface area contributed by atoms with E-state index in [4.69, 9.17) is 5.53 Å². The molecule has 0 aromatic heterocycles. The lowest BCUT2D eigenvalue weighted by Crippen LogP contribution is -2.41. The summed E-state index contributed by atoms with van der Waals surface area (Å²) in [5.41, 5.74) is 7.57. The molecule has 0 amide bonds. The predicted octanol–water partition coefficient (Wildman–Crippen LogP) is 1.64. The summed E-state index contributed by atoms with van der Waals surface area (Å²) in [5, 5.41) is 6.36. The number of nitrogens with zero attached hydrogens (tertiary/aromatic N) is 3. The molecule has 0 spiro atoms. The molecule has 5 nitrogen and oxygen atoms in total. The number of azide groups is 1. The monoisotopic (exact) mass is 184 g/mol. The van der Waals surface area contributed by atoms with E-state index in [1.807, 2.05) is 6.92 Å². The normalized spacial score (nSPS) is 14.3. The minimum absolute atomic E-state index is 0.434. The van der Waals surface area contributed by atoms with E-state index in [0.29, 0.717) is 6.54 Å². The van der Waals surface area contributed by atoms with Crippen LogP contribution in [0, 0.1) is 0 Å². The van der Waals surface area contributed by atoms with Crippen molar-refractivity contribution in [2.45, 2.75) is 31.7 Å². The molecule has 0 heterocycles. The summed E-state index contributed by atoms with van der Waals surface area (Å²) in [4.78, 5) is 13.3. The number of hydrogen-bond donors (Lipinski definition) is 1. The second-order valence-corrected chi connectivity index (χ2v) is 3.20. The van der Waals surface area contributed by atoms with Crippen molar-refractivity contribution in [2.24, 2.45) is 5.11 Å². The Bertz CT molecular complexity index is 200. The predicted molar refractivity (Wildman–Crippen MR) is 51.4 cm³/mol. The van der Waals surface area contributed by atoms with Crippen molar-refractivity contribution >= 4 is 6.29 Å². The molecular weight excluding hydrogens is 168 g/mol. The summed E-state index contributed by atoms with van der Waals surface area (Å²) < 4.78 is 0. The highest BCUT2D eigenvalue weighted by molar-refractivity contribution is 5.63. The molecule has 0 rings (SSSR count). The van der Waals surface area contributed by atoms with Gasteiger partial charge < -0.3 is 10.1 Å². The second kappa shape index (κ2) is 6.46. The van der Waals surface area contributed by atoms with Crippen LogP contribution in [0.2, 0.25) is 0 Å². The third-order valence-electron chi connectivity index (χ3n) is 2.10. The Morgan fingerprint density at radius 2 is 2.31 bits per heavy atom. The van der Waals surface area contributed by atoms with E-state index in [9.17, 15) is 4.79 Å². The smallest absolute Gasteiger partial charge is 0.139 e. The average molecular weight is 184 g/mol. The number of carbonyl (C=O) groups is 1. The van der Waals surface area contributed by atoms with Crippen molar-refractivity contribution in [2.75, 3.05) is 13.6 Å². The highest BCUT2D eigenvalue weighted by atomic mass is 16.1. The Morgan fingerprint density at radius 3 is 2.77 bits per heavy atom. The molecule has 0 bridgehead atoms. The van der Waals surface area contributed by atoms with E-state index >= 15 is 0 Å². The number of unbranched alkanes of at least 4 members (excludes halogenated alkanes) is 1. The van der Waals surface area contributed by atoms with E-state index in [1.165, 1.54) is 0 Å². The van der Waals surface area contributed by atoms with Crippen LogP contribution in [0.4, 0.5) is 0 Å². The van der Waals surface area contributed by atoms with Gasteiger partial charge in [0.1, 0.15) is 6.29 Å². The molecule has 13 heavy (non-hydrogen) atoms. The number of carbonyl (C=O) groups excluding carboxylic acids is 1. The van der Waals surface area contributed by atoms with E-state index in [-0.39, 0.29) is 0 Å². The quantitative estimate of drug-likeness (QED) is 0.215. The van der Waals surface area contributed by atoms with Gasteiger partial charge in [0.25, 0.3) is 0 Å². The summed E-state index contributed by atoms with van der Waals surface area (Å²) in [7, 11) is 1.77. The van der Waals surface area contributed by atoms with Crippen molar-refractivity contribution in [1.82, 2.24) is 5.32 Å². The largest absolute Gasteiger partial charge is 0.308 e. The van der Waals surface area contributed by atoms with Crippen molar-refractivity contribution < 1.29 is 4.79 Å². The van der Waals surface area contributed by atoms with Gasteiger partial charge in [-0.15, -0.1) is 0 Å². The molecule has 0 aliphatic carbocycles. The van der Waals surface area contributed by atoms with Crippen molar-refractivity contribution in [1.29, 1.82) is 0 Å². The van der Waals surface area contributed by atoms with Crippen LogP contribution in [0.3, 0.4) is 0 Å². The zero-order valence-electron chi connectivity index (χ0n) is 8.16. The molecule has 5 heteroatoms. The first-order chi connectivity index (χ1) is 6.18. The van der Waals surface area contributed by atoms with E-state index < -0.39 is 5.54 Å². The first-order valence-electron chi connectivity index (χ1n) is 4.34. The van der Waals surface area contributed by atoms with E-state index in [1.54, 1.807) is 7.05 Å². The Balaban J connectivity index is 3.61. The highest BCUT2D eigenvalue weighted by Crippen LogP contribution is 2.10. The molecule has 0 radical (unpaired) electrons. The molecule has 0 saturated heterocycles. The lowest BCUT2D eigenvalue weighted by Gasteiger charge is -2.21. The lowest BCUT2D eigenvalue weighted by molar-refractivity contribution is -0.112. The second-order valence-electron chi connectivity index (χ2n) is 3.20. The fourth-order valence-corrected chi connectivity index (χ4v) is 0.962. The molecule has 1 atom stereocenters. The van der Waals surface area contributed by atoms with Gasteiger partial charge in [0.2, 0.25) is 0 Å². The molecule has 0 aromatic carbocycles. The highest BCUT2D eigenvalue weighted by Gasteiger charge is 2.19. The Morgan fingerprint density at radius 1 is 1.62 bits per heavy atom. The SMILES string of the molecule is CN[C@](C)(C=O)CCCCN=[N+]=[N-]. The van der Waals surface area contributed by atoms with Gasteiger partial charge in [-0.2, -0.15) is 0 Å². The Hall–Kier alpha value is -1.06. The standard InChI is InChI=1S/C8H16N4O/c1-8(7-13,10-2)5-3-4-6-11-12-9/h7,10H,3-6H2,1-2H3/t8-/m0/s1. The van der Waals surface area contributed by atoms with Crippen molar-refractivity contribution in [3.05, 3.63) is 10.4 Å². The maximum atomic E-state index is 10.6. The third-order valence-corrected chi connectivity index (χ3v) is 2.10. The molecule has 0 saturated carbocycles. The van der Waals surface area contributed by atoms with Gasteiger partial charge in [0.15, 0.2) is 0 Å². The summed E-state index contributed by atoms with van der Waals surface area (Å²) in [6.45, 7) is 2.36. The fourth-order valence-electron chi connectivity index (χ4n) is 0.962. The minimum Gasteiger partial charge on any atom is -0.308 e. The maximum absolute atomic E-state index is 10.6. The van der Waals surface area contributed by atoms with Gasteiger partial charge in [-0.1, -0.05) is 11.5 Å². The molecule has 0 aliphatic heterocycles. The number of nitrogens with one attached hydrogen (secondary N) is 1. The van der Waals surface area contributed by atoms with E-state index in [2.05, 4.69) is 15.3 Å². The first kappa shape index (κ1) is 11.9. The van der Waals surface area contributed by atoms with Crippen LogP contribution in [-0.2, 0) is 4.79 Å². The van der Waals surface area contributed by atoms with E-state index in [0.717, 1.165) is 25.5 Å². The zero-order chi connectivity index (χ0) is 10.2. The van der Waals surface area contributed by atoms with Crippen LogP contribution in [0.5, 0.6) is 0 Å². The van der Waals surface area contributed by atoms with Crippen molar-refractivity contribution in [3.8, 4) is 0 Å². The zero-order valence-corrected chi connectivity index (χ0v) is 8.16. The van der Waals surface area contributed by atoms with Gasteiger partial charge in [-0.3, -0.25) is 0 Å². The third kappa shape index (κ3) is 5.22. The Kier molecular flexibility index (Phi) is 5.93. The van der Waals surface area contributed by atoms with Crippen LogP contribution >= 0.6 is 0 Å². The van der Waals surface area contributed by atoms with Gasteiger partial charge >= 0.3 is 0 Å². The van der Waals surface area contributed by atoms with Crippen LogP contribution in [-0.4, -0.2) is 25.4 Å². The van der Waals surface area contributed by atoms with Gasteiger partial charge in [-0.05, 0) is 32.3 Å². The molecule has 1 N–H and O–H groups in total.